The van der Waals surface area contributed by atoms with Gasteiger partial charge in [-0.2, -0.15) is 3.71 Å². The number of anilines is 1. The van der Waals surface area contributed by atoms with Crippen molar-refractivity contribution in [3.63, 3.8) is 0 Å². The number of benzene rings is 3. The molecule has 0 atom stereocenters. The zero-order valence-electron chi connectivity index (χ0n) is 22.2. The highest BCUT2D eigenvalue weighted by atomic mass is 32.3. The lowest BCUT2D eigenvalue weighted by Crippen LogP contribution is -2.41. The van der Waals surface area contributed by atoms with Crippen molar-refractivity contribution < 1.29 is 26.0 Å². The molecule has 1 amide bonds. The first-order valence-electron chi connectivity index (χ1n) is 13.4. The van der Waals surface area contributed by atoms with E-state index >= 15 is 0 Å². The molecule has 3 fully saturated rings. The number of fused-ring (bicyclic) bond motifs is 4. The molecule has 4 heterocycles. The van der Waals surface area contributed by atoms with Crippen LogP contribution in [0.2, 0.25) is 0 Å². The number of furan rings is 1. The van der Waals surface area contributed by atoms with Crippen LogP contribution < -0.4 is 3.71 Å². The van der Waals surface area contributed by atoms with E-state index in [1.165, 1.54) is 60.7 Å². The molecule has 4 aromatic rings. The van der Waals surface area contributed by atoms with E-state index < -0.39 is 20.0 Å². The summed E-state index contributed by atoms with van der Waals surface area (Å²) in [7, 11) is -8.99. The lowest BCUT2D eigenvalue weighted by molar-refractivity contribution is 0.0653. The normalized spacial score (nSPS) is 19.1. The van der Waals surface area contributed by atoms with Gasteiger partial charge in [0.05, 0.1) is 15.5 Å². The van der Waals surface area contributed by atoms with Gasteiger partial charge >= 0.3 is 0 Å². The molecule has 0 radical (unpaired) electrons. The van der Waals surface area contributed by atoms with Crippen molar-refractivity contribution in [1.82, 2.24) is 9.80 Å². The second-order valence-corrected chi connectivity index (χ2v) is 13.9. The number of carbonyl (C=O) groups is 1. The predicted octanol–water partition coefficient (Wildman–Crippen LogP) is 4.45. The first-order valence-corrected chi connectivity index (χ1v) is 16.3. The summed E-state index contributed by atoms with van der Waals surface area (Å²) in [5.41, 5.74) is 0.518. The Hall–Kier alpha value is -3.93. The molecule has 3 aromatic carbocycles. The Bertz CT molecular complexity index is 1680. The Morgan fingerprint density at radius 2 is 1.24 bits per heavy atom. The first kappa shape index (κ1) is 27.3. The molecule has 0 spiro atoms. The average molecular weight is 592 g/mol. The molecule has 212 valence electrons. The van der Waals surface area contributed by atoms with Gasteiger partial charge in [0, 0.05) is 37.8 Å². The van der Waals surface area contributed by atoms with Crippen LogP contribution in [0.5, 0.6) is 0 Å². The fraction of sp³-hybridized carbons (Fsp3) is 0.233. The summed E-state index contributed by atoms with van der Waals surface area (Å²) in [6, 6.07) is 24.4. The number of hydrogen-bond acceptors (Lipinski definition) is 7. The number of rotatable bonds is 7. The number of carbonyl (C=O) groups excluding carboxylic acids is 1. The second kappa shape index (κ2) is 10.8. The minimum atomic E-state index is -4.50. The van der Waals surface area contributed by atoms with Gasteiger partial charge in [0.25, 0.3) is 26.0 Å². The fourth-order valence-corrected chi connectivity index (χ4v) is 9.17. The summed E-state index contributed by atoms with van der Waals surface area (Å²) in [4.78, 5) is 17.3. The number of sulfonamides is 2. The van der Waals surface area contributed by atoms with Crippen molar-refractivity contribution in [1.29, 1.82) is 0 Å². The summed E-state index contributed by atoms with van der Waals surface area (Å²) < 4.78 is 61.2. The zero-order chi connectivity index (χ0) is 28.6. The number of nitrogens with zero attached hydrogens (tertiary/aromatic N) is 3. The smallest absolute Gasteiger partial charge is 0.289 e. The predicted molar refractivity (Wildman–Crippen MR) is 154 cm³/mol. The minimum Gasteiger partial charge on any atom is -0.451 e. The lowest BCUT2D eigenvalue weighted by atomic mass is 10.1. The van der Waals surface area contributed by atoms with Crippen LogP contribution in [0.3, 0.4) is 0 Å². The van der Waals surface area contributed by atoms with Crippen LogP contribution in [0.25, 0.3) is 11.3 Å². The molecular weight excluding hydrogens is 562 g/mol. The van der Waals surface area contributed by atoms with Gasteiger partial charge in [0.15, 0.2) is 5.76 Å². The standard InChI is InChI=1S/C30H29N3O6S2/c34-30(32-22-21-31-19-17-24(32)18-20-31)29-16-15-28(39-29)23-11-13-25(14-12-23)33(40(35,36)26-7-3-1-4-8-26)41(37,38)27-9-5-2-6-10-27/h1-16,24H,17-22H2. The van der Waals surface area contributed by atoms with Crippen LogP contribution in [0.4, 0.5) is 5.69 Å². The van der Waals surface area contributed by atoms with E-state index in [1.54, 1.807) is 36.4 Å². The monoisotopic (exact) mass is 591 g/mol. The summed E-state index contributed by atoms with van der Waals surface area (Å²) in [5, 5.41) is 0. The summed E-state index contributed by atoms with van der Waals surface area (Å²) >= 11 is 0. The van der Waals surface area contributed by atoms with Crippen LogP contribution in [-0.4, -0.2) is 64.8 Å². The van der Waals surface area contributed by atoms with Gasteiger partial charge in [-0.15, -0.1) is 0 Å². The molecule has 3 saturated heterocycles. The largest absolute Gasteiger partial charge is 0.451 e. The molecule has 7 rings (SSSR count). The maximum absolute atomic E-state index is 13.7. The van der Waals surface area contributed by atoms with Crippen LogP contribution in [0, 0.1) is 0 Å². The third-order valence-electron chi connectivity index (χ3n) is 7.61. The van der Waals surface area contributed by atoms with Gasteiger partial charge in [-0.25, -0.2) is 16.8 Å². The molecule has 2 bridgehead atoms. The van der Waals surface area contributed by atoms with Gasteiger partial charge in [0.2, 0.25) is 0 Å². The van der Waals surface area contributed by atoms with Crippen LogP contribution in [-0.2, 0) is 20.0 Å². The zero-order valence-corrected chi connectivity index (χ0v) is 23.8. The molecule has 41 heavy (non-hydrogen) atoms. The van der Waals surface area contributed by atoms with E-state index in [1.807, 2.05) is 4.90 Å². The van der Waals surface area contributed by atoms with Crippen molar-refractivity contribution in [2.24, 2.45) is 0 Å². The Labute approximate surface area is 239 Å². The van der Waals surface area contributed by atoms with E-state index in [2.05, 4.69) is 4.90 Å². The lowest BCUT2D eigenvalue weighted by Gasteiger charge is -2.30. The van der Waals surface area contributed by atoms with Crippen LogP contribution in [0.15, 0.2) is 111 Å². The Morgan fingerprint density at radius 1 is 0.683 bits per heavy atom. The molecule has 11 heteroatoms. The molecule has 0 N–H and O–H groups in total. The molecule has 0 saturated carbocycles. The fourth-order valence-electron chi connectivity index (χ4n) is 5.43. The SMILES string of the molecule is O=C(c1ccc(-c2ccc(N(S(=O)(=O)c3ccccc3)S(=O)(=O)c3ccccc3)cc2)o1)N1CCN2CCC1CC2. The summed E-state index contributed by atoms with van der Waals surface area (Å²) in [5.74, 6) is 0.520. The molecular formula is C30H29N3O6S2. The third-order valence-corrected chi connectivity index (χ3v) is 11.8. The van der Waals surface area contributed by atoms with Crippen molar-refractivity contribution in [3.05, 3.63) is 103 Å². The molecule has 0 aliphatic carbocycles. The van der Waals surface area contributed by atoms with E-state index in [0.29, 0.717) is 21.6 Å². The summed E-state index contributed by atoms with van der Waals surface area (Å²) in [6.45, 7) is 3.52. The Morgan fingerprint density at radius 3 is 1.80 bits per heavy atom. The first-order chi connectivity index (χ1) is 19.7. The molecule has 9 nitrogen and oxygen atoms in total. The summed E-state index contributed by atoms with van der Waals surface area (Å²) in [6.07, 6.45) is 1.91. The highest BCUT2D eigenvalue weighted by molar-refractivity contribution is 8.10. The van der Waals surface area contributed by atoms with Gasteiger partial charge in [-0.1, -0.05) is 36.4 Å². The van der Waals surface area contributed by atoms with E-state index in [9.17, 15) is 21.6 Å². The van der Waals surface area contributed by atoms with E-state index in [-0.39, 0.29) is 33.2 Å². The van der Waals surface area contributed by atoms with Gasteiger partial charge < -0.3 is 14.2 Å². The molecule has 0 unspecified atom stereocenters. The Balaban J connectivity index is 1.32. The third kappa shape index (κ3) is 5.16. The number of amides is 1. The van der Waals surface area contributed by atoms with Crippen LogP contribution in [0.1, 0.15) is 23.4 Å². The molecule has 3 aliphatic rings. The number of piperidine rings is 1. The highest BCUT2D eigenvalue weighted by Gasteiger charge is 2.37. The van der Waals surface area contributed by atoms with Gasteiger partial charge in [-0.05, 0) is 73.5 Å². The maximum atomic E-state index is 13.7. The average Bonchev–Trinajstić information content (AvgIpc) is 3.30. The maximum Gasteiger partial charge on any atom is 0.289 e. The van der Waals surface area contributed by atoms with Crippen LogP contribution >= 0.6 is 0 Å². The highest BCUT2D eigenvalue weighted by Crippen LogP contribution is 2.33. The van der Waals surface area contributed by atoms with Crippen molar-refractivity contribution in [3.8, 4) is 11.3 Å². The van der Waals surface area contributed by atoms with Crippen molar-refractivity contribution >= 4 is 31.6 Å². The van der Waals surface area contributed by atoms with Crippen molar-refractivity contribution in [2.45, 2.75) is 28.7 Å². The van der Waals surface area contributed by atoms with E-state index in [4.69, 9.17) is 4.42 Å². The molecule has 3 aliphatic heterocycles. The molecule has 1 aromatic heterocycles. The van der Waals surface area contributed by atoms with Gasteiger partial charge in [0.1, 0.15) is 5.76 Å². The van der Waals surface area contributed by atoms with Crippen molar-refractivity contribution in [2.75, 3.05) is 29.9 Å². The number of hydrogen-bond donors (Lipinski definition) is 0. The quantitative estimate of drug-likeness (QED) is 0.312. The van der Waals surface area contributed by atoms with E-state index in [0.717, 1.165) is 32.5 Å². The second-order valence-electron chi connectivity index (χ2n) is 10.1. The van der Waals surface area contributed by atoms with Gasteiger partial charge in [-0.3, -0.25) is 4.79 Å². The Kier molecular flexibility index (Phi) is 7.18. The topological polar surface area (TPSA) is 108 Å². The minimum absolute atomic E-state index is 0.0559.